The zero-order chi connectivity index (χ0) is 20.6. The van der Waals surface area contributed by atoms with Crippen molar-refractivity contribution in [3.05, 3.63) is 48.0 Å². The highest BCUT2D eigenvalue weighted by Gasteiger charge is 2.48. The molecule has 2 aliphatic rings. The molecule has 4 rings (SSSR count). The number of anilines is 2. The zero-order valence-corrected chi connectivity index (χ0v) is 15.8. The molecule has 7 nitrogen and oxygen atoms in total. The van der Waals surface area contributed by atoms with Crippen molar-refractivity contribution in [2.75, 3.05) is 31.5 Å². The number of para-hydroxylation sites is 1. The molecular formula is C18H17F3N4O3S. The third kappa shape index (κ3) is 3.87. The molecule has 0 spiro atoms. The number of nitrogens with one attached hydrogen (secondary N) is 2. The van der Waals surface area contributed by atoms with Gasteiger partial charge >= 0.3 is 15.6 Å². The number of rotatable bonds is 2. The molecule has 1 saturated heterocycles. The van der Waals surface area contributed by atoms with E-state index in [2.05, 4.69) is 24.7 Å². The number of piperazine rings is 1. The van der Waals surface area contributed by atoms with Crippen LogP contribution < -0.4 is 14.8 Å². The van der Waals surface area contributed by atoms with E-state index in [4.69, 9.17) is 0 Å². The lowest BCUT2D eigenvalue weighted by atomic mass is 10.1. The number of hydrogen-bond acceptors (Lipinski definition) is 7. The molecule has 2 aliphatic heterocycles. The van der Waals surface area contributed by atoms with Gasteiger partial charge in [-0.15, -0.1) is 0 Å². The number of hydrogen-bond donors (Lipinski definition) is 2. The highest BCUT2D eigenvalue weighted by Crippen LogP contribution is 2.38. The first kappa shape index (κ1) is 19.5. The summed E-state index contributed by atoms with van der Waals surface area (Å²) in [4.78, 5) is 6.73. The van der Waals surface area contributed by atoms with Gasteiger partial charge < -0.3 is 19.7 Å². The predicted molar refractivity (Wildman–Crippen MR) is 102 cm³/mol. The Morgan fingerprint density at radius 1 is 1.03 bits per heavy atom. The van der Waals surface area contributed by atoms with Gasteiger partial charge in [-0.05, 0) is 24.3 Å². The molecule has 29 heavy (non-hydrogen) atoms. The van der Waals surface area contributed by atoms with Crippen LogP contribution in [0.25, 0.3) is 0 Å². The van der Waals surface area contributed by atoms with Gasteiger partial charge in [0.25, 0.3) is 0 Å². The van der Waals surface area contributed by atoms with Crippen LogP contribution in [0.1, 0.15) is 5.56 Å². The third-order valence-electron chi connectivity index (χ3n) is 4.54. The Morgan fingerprint density at radius 2 is 1.76 bits per heavy atom. The lowest BCUT2D eigenvalue weighted by molar-refractivity contribution is -0.0500. The van der Waals surface area contributed by atoms with E-state index in [1.165, 1.54) is 12.1 Å². The molecular weight excluding hydrogens is 409 g/mol. The van der Waals surface area contributed by atoms with Crippen molar-refractivity contribution in [2.45, 2.75) is 5.51 Å². The van der Waals surface area contributed by atoms with Gasteiger partial charge in [0.2, 0.25) is 0 Å². The van der Waals surface area contributed by atoms with E-state index < -0.39 is 21.4 Å². The molecule has 0 atom stereocenters. The second-order valence-electron chi connectivity index (χ2n) is 6.51. The molecule has 0 unspecified atom stereocenters. The third-order valence-corrected chi connectivity index (χ3v) is 5.52. The van der Waals surface area contributed by atoms with Gasteiger partial charge in [0, 0.05) is 43.5 Å². The topological polar surface area (TPSA) is 83.0 Å². The van der Waals surface area contributed by atoms with E-state index in [0.717, 1.165) is 30.4 Å². The van der Waals surface area contributed by atoms with E-state index in [1.807, 2.05) is 24.3 Å². The van der Waals surface area contributed by atoms with Crippen LogP contribution in [0.15, 0.2) is 47.5 Å². The summed E-state index contributed by atoms with van der Waals surface area (Å²) < 4.78 is 64.9. The van der Waals surface area contributed by atoms with Crippen molar-refractivity contribution in [1.29, 1.82) is 0 Å². The molecule has 0 aromatic heterocycles. The molecule has 0 amide bonds. The van der Waals surface area contributed by atoms with E-state index in [-0.39, 0.29) is 5.69 Å². The van der Waals surface area contributed by atoms with Crippen molar-refractivity contribution >= 4 is 33.0 Å². The Hall–Kier alpha value is -2.79. The van der Waals surface area contributed by atoms with Crippen molar-refractivity contribution in [1.82, 2.24) is 10.2 Å². The van der Waals surface area contributed by atoms with Gasteiger partial charge in [-0.25, -0.2) is 4.99 Å². The fourth-order valence-corrected chi connectivity index (χ4v) is 3.61. The Labute approximate surface area is 165 Å². The number of halogens is 3. The summed E-state index contributed by atoms with van der Waals surface area (Å²) in [6, 6.07) is 11.3. The number of aliphatic imine (C=N–C) groups is 1. The number of benzene rings is 2. The van der Waals surface area contributed by atoms with E-state index in [1.54, 1.807) is 0 Å². The van der Waals surface area contributed by atoms with Crippen LogP contribution in [0.2, 0.25) is 0 Å². The Kier molecular flexibility index (Phi) is 4.87. The quantitative estimate of drug-likeness (QED) is 0.568. The molecule has 2 N–H and O–H groups in total. The zero-order valence-electron chi connectivity index (χ0n) is 15.0. The fourth-order valence-electron chi connectivity index (χ4n) is 3.16. The summed E-state index contributed by atoms with van der Waals surface area (Å²) in [6.45, 7) is 2.96. The summed E-state index contributed by atoms with van der Waals surface area (Å²) in [5, 5.41) is 6.46. The van der Waals surface area contributed by atoms with Gasteiger partial charge in [0.05, 0.1) is 11.4 Å². The second kappa shape index (κ2) is 7.23. The highest BCUT2D eigenvalue weighted by atomic mass is 32.2. The smallest absolute Gasteiger partial charge is 0.376 e. The molecule has 2 aromatic carbocycles. The monoisotopic (exact) mass is 426 g/mol. The van der Waals surface area contributed by atoms with E-state index >= 15 is 0 Å². The average molecular weight is 426 g/mol. The molecule has 2 heterocycles. The first-order valence-electron chi connectivity index (χ1n) is 8.80. The molecule has 0 radical (unpaired) electrons. The first-order valence-corrected chi connectivity index (χ1v) is 10.2. The standard InChI is InChI=1S/C18H17F3N4O3S/c19-18(20,21)29(26,27)28-12-5-6-15-16(11-12)24-17(25-9-7-22-8-10-25)13-3-1-2-4-14(13)23-15/h1-6,11,22-23H,7-10H2. The normalized spacial score (nSPS) is 16.8. The van der Waals surface area contributed by atoms with Gasteiger partial charge in [0.15, 0.2) is 0 Å². The molecule has 1 fully saturated rings. The molecule has 0 saturated carbocycles. The predicted octanol–water partition coefficient (Wildman–Crippen LogP) is 2.96. The van der Waals surface area contributed by atoms with E-state index in [9.17, 15) is 21.6 Å². The lowest BCUT2D eigenvalue weighted by Crippen LogP contribution is -2.46. The molecule has 154 valence electrons. The van der Waals surface area contributed by atoms with Crippen molar-refractivity contribution in [3.63, 3.8) is 0 Å². The molecule has 11 heteroatoms. The lowest BCUT2D eigenvalue weighted by Gasteiger charge is -2.30. The maximum atomic E-state index is 12.6. The van der Waals surface area contributed by atoms with Crippen molar-refractivity contribution < 1.29 is 25.8 Å². The summed E-state index contributed by atoms with van der Waals surface area (Å²) in [5.41, 5.74) is -3.07. The minimum absolute atomic E-state index is 0.282. The summed E-state index contributed by atoms with van der Waals surface area (Å²) in [7, 11) is -5.76. The van der Waals surface area contributed by atoms with Crippen LogP contribution in [0, 0.1) is 0 Å². The Balaban J connectivity index is 1.77. The number of amidine groups is 1. The van der Waals surface area contributed by atoms with Crippen LogP contribution >= 0.6 is 0 Å². The maximum Gasteiger partial charge on any atom is 0.534 e. The maximum absolute atomic E-state index is 12.6. The summed E-state index contributed by atoms with van der Waals surface area (Å²) >= 11 is 0. The van der Waals surface area contributed by atoms with Crippen molar-refractivity contribution in [2.24, 2.45) is 4.99 Å². The number of alkyl halides is 3. The summed E-state index contributed by atoms with van der Waals surface area (Å²) in [6.07, 6.45) is 0. The van der Waals surface area contributed by atoms with Crippen LogP contribution in [0.4, 0.5) is 30.2 Å². The van der Waals surface area contributed by atoms with Gasteiger partial charge in [0.1, 0.15) is 11.6 Å². The number of nitrogens with zero attached hydrogens (tertiary/aromatic N) is 2. The van der Waals surface area contributed by atoms with Gasteiger partial charge in [-0.2, -0.15) is 21.6 Å². The largest absolute Gasteiger partial charge is 0.534 e. The molecule has 2 aromatic rings. The summed E-state index contributed by atoms with van der Waals surface area (Å²) in [5.74, 6) is 0.196. The van der Waals surface area contributed by atoms with Gasteiger partial charge in [-0.1, -0.05) is 12.1 Å². The van der Waals surface area contributed by atoms with Crippen LogP contribution in [0.3, 0.4) is 0 Å². The van der Waals surface area contributed by atoms with Gasteiger partial charge in [-0.3, -0.25) is 0 Å². The molecule has 0 aliphatic carbocycles. The number of fused-ring (bicyclic) bond motifs is 2. The SMILES string of the molecule is O=S(=O)(Oc1ccc2c(c1)N=C(N1CCNCC1)c1ccccc1N2)C(F)(F)F. The minimum Gasteiger partial charge on any atom is -0.376 e. The Morgan fingerprint density at radius 3 is 2.48 bits per heavy atom. The average Bonchev–Trinajstić information content (AvgIpc) is 2.84. The van der Waals surface area contributed by atoms with E-state index in [0.29, 0.717) is 24.6 Å². The molecule has 0 bridgehead atoms. The van der Waals surface area contributed by atoms with Crippen LogP contribution in [-0.4, -0.2) is 50.8 Å². The second-order valence-corrected chi connectivity index (χ2v) is 8.04. The fraction of sp³-hybridized carbons (Fsp3) is 0.278. The minimum atomic E-state index is -5.76. The Bertz CT molecular complexity index is 1060. The first-order chi connectivity index (χ1) is 13.7. The van der Waals surface area contributed by atoms with Crippen LogP contribution in [0.5, 0.6) is 5.75 Å². The highest BCUT2D eigenvalue weighted by molar-refractivity contribution is 7.88. The van der Waals surface area contributed by atoms with Crippen LogP contribution in [-0.2, 0) is 10.1 Å². The van der Waals surface area contributed by atoms with Crippen molar-refractivity contribution in [3.8, 4) is 5.75 Å².